The molecule has 2 atom stereocenters. The van der Waals surface area contributed by atoms with Gasteiger partial charge in [0, 0.05) is 17.7 Å². The number of methoxy groups -OCH3 is 1. The minimum Gasteiger partial charge on any atom is -0.496 e. The average molecular weight is 347 g/mol. The predicted molar refractivity (Wildman–Crippen MR) is 93.4 cm³/mol. The van der Waals surface area contributed by atoms with Gasteiger partial charge in [0.1, 0.15) is 30.6 Å². The summed E-state index contributed by atoms with van der Waals surface area (Å²) in [5.41, 5.74) is 1.96. The summed E-state index contributed by atoms with van der Waals surface area (Å²) in [7, 11) is 1.67. The number of rotatable bonds is 9. The van der Waals surface area contributed by atoms with Gasteiger partial charge in [0.25, 0.3) is 0 Å². The van der Waals surface area contributed by atoms with Crippen molar-refractivity contribution in [2.24, 2.45) is 5.92 Å². The Balaban J connectivity index is 1.55. The zero-order chi connectivity index (χ0) is 17.6. The van der Waals surface area contributed by atoms with Crippen molar-refractivity contribution in [2.75, 3.05) is 26.9 Å². The van der Waals surface area contributed by atoms with Crippen LogP contribution in [-0.2, 0) is 6.54 Å². The monoisotopic (exact) mass is 347 g/mol. The normalized spacial score (nSPS) is 18.8. The molecule has 0 bridgehead atoms. The van der Waals surface area contributed by atoms with Crippen LogP contribution in [0.1, 0.15) is 23.5 Å². The van der Waals surface area contributed by atoms with E-state index in [-0.39, 0.29) is 18.3 Å². The first-order valence-electron chi connectivity index (χ1n) is 8.53. The van der Waals surface area contributed by atoms with Crippen LogP contribution in [0.4, 0.5) is 8.78 Å². The molecule has 1 aliphatic carbocycles. The quantitative estimate of drug-likeness (QED) is 0.742. The van der Waals surface area contributed by atoms with Gasteiger partial charge in [0.05, 0.1) is 7.11 Å². The van der Waals surface area contributed by atoms with Crippen LogP contribution in [0.2, 0.25) is 0 Å². The van der Waals surface area contributed by atoms with E-state index >= 15 is 0 Å². The van der Waals surface area contributed by atoms with Crippen LogP contribution in [0, 0.1) is 11.7 Å². The fourth-order valence-corrected chi connectivity index (χ4v) is 3.18. The number of nitrogens with one attached hydrogen (secondary N) is 1. The molecule has 0 radical (unpaired) electrons. The lowest BCUT2D eigenvalue weighted by Gasteiger charge is -2.11. The molecule has 0 amide bonds. The van der Waals surface area contributed by atoms with Gasteiger partial charge in [-0.05, 0) is 49.1 Å². The van der Waals surface area contributed by atoms with Gasteiger partial charge in [-0.1, -0.05) is 18.2 Å². The molecule has 3 rings (SSSR count). The molecule has 25 heavy (non-hydrogen) atoms. The number of para-hydroxylation sites is 1. The molecule has 134 valence electrons. The van der Waals surface area contributed by atoms with Gasteiger partial charge in [-0.2, -0.15) is 0 Å². The van der Waals surface area contributed by atoms with E-state index in [4.69, 9.17) is 9.47 Å². The lowest BCUT2D eigenvalue weighted by atomic mass is 10.1. The first-order valence-corrected chi connectivity index (χ1v) is 8.53. The molecule has 1 N–H and O–H groups in total. The third-order valence-corrected chi connectivity index (χ3v) is 4.54. The van der Waals surface area contributed by atoms with E-state index in [2.05, 4.69) is 5.32 Å². The Morgan fingerprint density at radius 3 is 2.80 bits per heavy atom. The molecule has 5 heteroatoms. The molecular weight excluding hydrogens is 324 g/mol. The topological polar surface area (TPSA) is 30.5 Å². The highest BCUT2D eigenvalue weighted by Gasteiger charge is 2.39. The Morgan fingerprint density at radius 2 is 2.00 bits per heavy atom. The molecular formula is C20H23F2NO2. The smallest absolute Gasteiger partial charge is 0.123 e. The van der Waals surface area contributed by atoms with E-state index in [1.807, 2.05) is 24.3 Å². The van der Waals surface area contributed by atoms with E-state index in [1.165, 1.54) is 12.1 Å². The highest BCUT2D eigenvalue weighted by atomic mass is 19.1. The summed E-state index contributed by atoms with van der Waals surface area (Å²) < 4.78 is 36.7. The van der Waals surface area contributed by atoms with Crippen LogP contribution in [0.5, 0.6) is 11.5 Å². The second-order valence-electron chi connectivity index (χ2n) is 6.26. The Labute approximate surface area is 147 Å². The van der Waals surface area contributed by atoms with Crippen LogP contribution in [-0.4, -0.2) is 26.9 Å². The third-order valence-electron chi connectivity index (χ3n) is 4.54. The second-order valence-corrected chi connectivity index (χ2v) is 6.26. The van der Waals surface area contributed by atoms with Gasteiger partial charge in [0.15, 0.2) is 0 Å². The highest BCUT2D eigenvalue weighted by Crippen LogP contribution is 2.50. The number of ether oxygens (including phenoxy) is 2. The number of hydrogen-bond donors (Lipinski definition) is 1. The van der Waals surface area contributed by atoms with Gasteiger partial charge < -0.3 is 14.8 Å². The molecule has 0 aromatic heterocycles. The summed E-state index contributed by atoms with van der Waals surface area (Å²) in [4.78, 5) is 0. The van der Waals surface area contributed by atoms with Gasteiger partial charge >= 0.3 is 0 Å². The summed E-state index contributed by atoms with van der Waals surface area (Å²) >= 11 is 0. The lowest BCUT2D eigenvalue weighted by molar-refractivity contribution is 0.270. The summed E-state index contributed by atoms with van der Waals surface area (Å²) in [5.74, 6) is 1.88. The van der Waals surface area contributed by atoms with Crippen LogP contribution in [0.3, 0.4) is 0 Å². The summed E-state index contributed by atoms with van der Waals surface area (Å²) in [5, 5.41) is 3.44. The Hall–Kier alpha value is -2.14. The molecule has 2 aromatic rings. The number of benzene rings is 2. The molecule has 3 nitrogen and oxygen atoms in total. The number of hydrogen-bond acceptors (Lipinski definition) is 3. The summed E-state index contributed by atoms with van der Waals surface area (Å²) in [6.45, 7) is 1.01. The van der Waals surface area contributed by atoms with E-state index in [9.17, 15) is 8.78 Å². The first-order chi connectivity index (χ1) is 12.2. The lowest BCUT2D eigenvalue weighted by Crippen LogP contribution is -2.17. The zero-order valence-corrected chi connectivity index (χ0v) is 14.3. The number of alkyl halides is 1. The SMILES string of the molecule is COc1ccccc1CNC[C@H]1C[C@@H]1c1cc(F)ccc1OCCF. The van der Waals surface area contributed by atoms with Gasteiger partial charge in [-0.3, -0.25) is 0 Å². The molecule has 2 aromatic carbocycles. The molecule has 0 unspecified atom stereocenters. The fraction of sp³-hybridized carbons (Fsp3) is 0.400. The maximum atomic E-state index is 13.6. The van der Waals surface area contributed by atoms with Crippen molar-refractivity contribution < 1.29 is 18.3 Å². The minimum atomic E-state index is -0.550. The van der Waals surface area contributed by atoms with Gasteiger partial charge in [0.2, 0.25) is 0 Å². The summed E-state index contributed by atoms with van der Waals surface area (Å²) in [6, 6.07) is 12.4. The maximum Gasteiger partial charge on any atom is 0.123 e. The van der Waals surface area contributed by atoms with Crippen molar-refractivity contribution >= 4 is 0 Å². The van der Waals surface area contributed by atoms with Crippen molar-refractivity contribution in [3.63, 3.8) is 0 Å². The molecule has 0 saturated heterocycles. The largest absolute Gasteiger partial charge is 0.496 e. The second kappa shape index (κ2) is 8.30. The number of halogens is 2. The van der Waals surface area contributed by atoms with Crippen molar-refractivity contribution in [1.29, 1.82) is 0 Å². The minimum absolute atomic E-state index is 0.00205. The van der Waals surface area contributed by atoms with Gasteiger partial charge in [-0.25, -0.2) is 8.78 Å². The van der Waals surface area contributed by atoms with E-state index in [0.29, 0.717) is 11.7 Å². The van der Waals surface area contributed by atoms with Crippen LogP contribution in [0.25, 0.3) is 0 Å². The Kier molecular flexibility index (Phi) is 5.87. The Bertz CT molecular complexity index is 708. The average Bonchev–Trinajstić information content (AvgIpc) is 3.40. The van der Waals surface area contributed by atoms with Crippen molar-refractivity contribution in [1.82, 2.24) is 5.32 Å². The summed E-state index contributed by atoms with van der Waals surface area (Å²) in [6.07, 6.45) is 0.981. The third kappa shape index (κ3) is 4.48. The zero-order valence-electron chi connectivity index (χ0n) is 14.3. The van der Waals surface area contributed by atoms with Crippen LogP contribution >= 0.6 is 0 Å². The molecule has 1 saturated carbocycles. The van der Waals surface area contributed by atoms with Crippen molar-refractivity contribution in [3.8, 4) is 11.5 Å². The standard InChI is InChI=1S/C20H23F2NO2/c1-24-19-5-3-2-4-14(19)12-23-13-15-10-17(15)18-11-16(22)6-7-20(18)25-9-8-21/h2-7,11,15,17,23H,8-10,12-13H2,1H3/t15-,17+/m1/s1. The fourth-order valence-electron chi connectivity index (χ4n) is 3.18. The first kappa shape index (κ1) is 17.7. The van der Waals surface area contributed by atoms with Crippen molar-refractivity contribution in [2.45, 2.75) is 18.9 Å². The highest BCUT2D eigenvalue weighted by molar-refractivity contribution is 5.40. The van der Waals surface area contributed by atoms with Crippen LogP contribution in [0.15, 0.2) is 42.5 Å². The predicted octanol–water partition coefficient (Wildman–Crippen LogP) is 4.08. The van der Waals surface area contributed by atoms with Gasteiger partial charge in [-0.15, -0.1) is 0 Å². The van der Waals surface area contributed by atoms with Crippen LogP contribution < -0.4 is 14.8 Å². The van der Waals surface area contributed by atoms with E-state index in [0.717, 1.165) is 36.4 Å². The molecule has 0 spiro atoms. The molecule has 1 aliphatic rings. The maximum absolute atomic E-state index is 13.6. The molecule has 0 aliphatic heterocycles. The Morgan fingerprint density at radius 1 is 1.16 bits per heavy atom. The van der Waals surface area contributed by atoms with E-state index < -0.39 is 6.67 Å². The molecule has 0 heterocycles. The van der Waals surface area contributed by atoms with Crippen molar-refractivity contribution in [3.05, 3.63) is 59.4 Å². The van der Waals surface area contributed by atoms with E-state index in [1.54, 1.807) is 13.2 Å². The molecule has 1 fully saturated rings.